The molecule has 2 aromatic carbocycles. The average molecular weight is 450 g/mol. The van der Waals surface area contributed by atoms with Gasteiger partial charge in [-0.2, -0.15) is 0 Å². The molecular formula is C21H23FN2O6S. The molecule has 31 heavy (non-hydrogen) atoms. The topological polar surface area (TPSA) is 130 Å². The van der Waals surface area contributed by atoms with Crippen LogP contribution in [0.15, 0.2) is 59.5 Å². The molecule has 8 nitrogen and oxygen atoms in total. The van der Waals surface area contributed by atoms with E-state index in [0.717, 1.165) is 0 Å². The molecule has 0 aliphatic heterocycles. The normalized spacial score (nSPS) is 13.1. The minimum absolute atomic E-state index is 0.0488. The minimum atomic E-state index is -3.74. The van der Waals surface area contributed by atoms with Crippen molar-refractivity contribution in [1.82, 2.24) is 10.6 Å². The van der Waals surface area contributed by atoms with Gasteiger partial charge >= 0.3 is 5.97 Å². The Labute approximate surface area is 179 Å². The molecule has 0 saturated heterocycles. The Morgan fingerprint density at radius 1 is 1.00 bits per heavy atom. The number of rotatable bonds is 10. The SMILES string of the molecule is CC(=O)N[C@H](Cc1cccc(F)c1)C(=O)N[C@H](CCS(=O)(=O)c1ccccc1)C(=O)O. The summed E-state index contributed by atoms with van der Waals surface area (Å²) in [4.78, 5) is 35.8. The molecule has 2 atom stereocenters. The number of amides is 2. The third kappa shape index (κ3) is 7.49. The highest BCUT2D eigenvalue weighted by atomic mass is 32.2. The van der Waals surface area contributed by atoms with Gasteiger partial charge in [0.05, 0.1) is 10.6 Å². The molecule has 0 aromatic heterocycles. The first-order valence-corrected chi connectivity index (χ1v) is 11.1. The molecule has 0 fully saturated rings. The summed E-state index contributed by atoms with van der Waals surface area (Å²) in [7, 11) is -3.74. The highest BCUT2D eigenvalue weighted by Gasteiger charge is 2.28. The largest absolute Gasteiger partial charge is 0.480 e. The number of aliphatic carboxylic acids is 1. The molecule has 0 radical (unpaired) electrons. The number of hydrogen-bond acceptors (Lipinski definition) is 5. The number of halogens is 1. The Bertz CT molecular complexity index is 1040. The van der Waals surface area contributed by atoms with Gasteiger partial charge in [0.2, 0.25) is 11.8 Å². The summed E-state index contributed by atoms with van der Waals surface area (Å²) in [6, 6.07) is 10.3. The molecule has 0 aliphatic carbocycles. The molecular weight excluding hydrogens is 427 g/mol. The lowest BCUT2D eigenvalue weighted by Gasteiger charge is -2.21. The summed E-state index contributed by atoms with van der Waals surface area (Å²) in [6.45, 7) is 1.19. The standard InChI is InChI=1S/C21H23FN2O6S/c1-14(25)23-19(13-15-6-5-7-16(22)12-15)20(26)24-18(21(27)28)10-11-31(29,30)17-8-3-2-4-9-17/h2-9,12,18-19H,10-11,13H2,1H3,(H,23,25)(H,24,26)(H,27,28)/t18-,19-/m1/s1. The van der Waals surface area contributed by atoms with Crippen molar-refractivity contribution in [1.29, 1.82) is 0 Å². The second-order valence-corrected chi connectivity index (χ2v) is 9.02. The Kier molecular flexibility index (Phi) is 8.26. The first-order chi connectivity index (χ1) is 14.6. The van der Waals surface area contributed by atoms with Crippen LogP contribution in [0.1, 0.15) is 18.9 Å². The molecule has 0 bridgehead atoms. The van der Waals surface area contributed by atoms with E-state index >= 15 is 0 Å². The molecule has 3 N–H and O–H groups in total. The summed E-state index contributed by atoms with van der Waals surface area (Å²) in [5.74, 6) is -3.78. The average Bonchev–Trinajstić information content (AvgIpc) is 2.70. The van der Waals surface area contributed by atoms with E-state index in [1.54, 1.807) is 24.3 Å². The molecule has 10 heteroatoms. The van der Waals surface area contributed by atoms with Crippen molar-refractivity contribution in [2.24, 2.45) is 0 Å². The van der Waals surface area contributed by atoms with E-state index in [1.165, 1.54) is 37.3 Å². The summed E-state index contributed by atoms with van der Waals surface area (Å²) in [5.41, 5.74) is 0.424. The van der Waals surface area contributed by atoms with Crippen LogP contribution in [0.4, 0.5) is 4.39 Å². The number of hydrogen-bond donors (Lipinski definition) is 3. The third-order valence-electron chi connectivity index (χ3n) is 4.42. The van der Waals surface area contributed by atoms with E-state index in [9.17, 15) is 32.3 Å². The van der Waals surface area contributed by atoms with Gasteiger partial charge in [0, 0.05) is 13.3 Å². The molecule has 166 valence electrons. The van der Waals surface area contributed by atoms with Crippen LogP contribution in [0.25, 0.3) is 0 Å². The van der Waals surface area contributed by atoms with Crippen LogP contribution >= 0.6 is 0 Å². The van der Waals surface area contributed by atoms with Gasteiger partial charge in [-0.15, -0.1) is 0 Å². The van der Waals surface area contributed by atoms with Crippen LogP contribution in [0.5, 0.6) is 0 Å². The zero-order valence-corrected chi connectivity index (χ0v) is 17.6. The van der Waals surface area contributed by atoms with Crippen LogP contribution in [-0.4, -0.2) is 49.1 Å². The molecule has 0 unspecified atom stereocenters. The van der Waals surface area contributed by atoms with E-state index in [1.807, 2.05) is 0 Å². The van der Waals surface area contributed by atoms with E-state index in [0.29, 0.717) is 5.56 Å². The van der Waals surface area contributed by atoms with Crippen molar-refractivity contribution in [3.63, 3.8) is 0 Å². The first kappa shape index (κ1) is 24.0. The zero-order valence-electron chi connectivity index (χ0n) is 16.7. The molecule has 0 saturated carbocycles. The fourth-order valence-corrected chi connectivity index (χ4v) is 4.26. The minimum Gasteiger partial charge on any atom is -0.480 e. The predicted molar refractivity (Wildman–Crippen MR) is 110 cm³/mol. The fourth-order valence-electron chi connectivity index (χ4n) is 2.90. The van der Waals surface area contributed by atoms with Crippen molar-refractivity contribution >= 4 is 27.6 Å². The number of sulfone groups is 1. The van der Waals surface area contributed by atoms with E-state index in [2.05, 4.69) is 10.6 Å². The van der Waals surface area contributed by atoms with Crippen LogP contribution < -0.4 is 10.6 Å². The van der Waals surface area contributed by atoms with Crippen molar-refractivity contribution in [3.8, 4) is 0 Å². The van der Waals surface area contributed by atoms with E-state index < -0.39 is 51.3 Å². The van der Waals surface area contributed by atoms with E-state index in [4.69, 9.17) is 0 Å². The molecule has 2 rings (SSSR count). The van der Waals surface area contributed by atoms with Crippen LogP contribution in [0, 0.1) is 5.82 Å². The zero-order chi connectivity index (χ0) is 23.0. The van der Waals surface area contributed by atoms with Crippen molar-refractivity contribution in [3.05, 3.63) is 66.0 Å². The molecule has 2 aromatic rings. The van der Waals surface area contributed by atoms with Gasteiger partial charge in [-0.25, -0.2) is 17.6 Å². The summed E-state index contributed by atoms with van der Waals surface area (Å²) >= 11 is 0. The number of benzene rings is 2. The Morgan fingerprint density at radius 3 is 2.26 bits per heavy atom. The number of nitrogens with one attached hydrogen (secondary N) is 2. The van der Waals surface area contributed by atoms with Gasteiger partial charge in [0.25, 0.3) is 0 Å². The number of carbonyl (C=O) groups is 3. The monoisotopic (exact) mass is 450 g/mol. The molecule has 0 spiro atoms. The van der Waals surface area contributed by atoms with Gasteiger partial charge < -0.3 is 15.7 Å². The van der Waals surface area contributed by atoms with Crippen LogP contribution in [-0.2, 0) is 30.6 Å². The summed E-state index contributed by atoms with van der Waals surface area (Å²) < 4.78 is 38.2. The second-order valence-electron chi connectivity index (χ2n) is 6.91. The highest BCUT2D eigenvalue weighted by molar-refractivity contribution is 7.91. The Balaban J connectivity index is 2.10. The lowest BCUT2D eigenvalue weighted by atomic mass is 10.0. The number of carboxylic acids is 1. The third-order valence-corrected chi connectivity index (χ3v) is 6.18. The maximum absolute atomic E-state index is 13.4. The number of carbonyl (C=O) groups excluding carboxylic acids is 2. The van der Waals surface area contributed by atoms with Crippen LogP contribution in [0.2, 0.25) is 0 Å². The molecule has 0 heterocycles. The van der Waals surface area contributed by atoms with Gasteiger partial charge in [0.1, 0.15) is 17.9 Å². The highest BCUT2D eigenvalue weighted by Crippen LogP contribution is 2.13. The van der Waals surface area contributed by atoms with E-state index in [-0.39, 0.29) is 17.7 Å². The Morgan fingerprint density at radius 2 is 1.68 bits per heavy atom. The van der Waals surface area contributed by atoms with Crippen molar-refractivity contribution in [2.75, 3.05) is 5.75 Å². The summed E-state index contributed by atoms with van der Waals surface area (Å²) in [6.07, 6.45) is -0.442. The second kappa shape index (κ2) is 10.7. The first-order valence-electron chi connectivity index (χ1n) is 9.41. The van der Waals surface area contributed by atoms with Gasteiger partial charge in [-0.05, 0) is 36.2 Å². The maximum Gasteiger partial charge on any atom is 0.326 e. The van der Waals surface area contributed by atoms with Gasteiger partial charge in [-0.1, -0.05) is 30.3 Å². The maximum atomic E-state index is 13.4. The van der Waals surface area contributed by atoms with Gasteiger partial charge in [0.15, 0.2) is 9.84 Å². The fraction of sp³-hybridized carbons (Fsp3) is 0.286. The lowest BCUT2D eigenvalue weighted by molar-refractivity contribution is -0.142. The molecule has 2 amide bonds. The summed E-state index contributed by atoms with van der Waals surface area (Å²) in [5, 5.41) is 14.1. The quantitative estimate of drug-likeness (QED) is 0.500. The lowest BCUT2D eigenvalue weighted by Crippen LogP contribution is -2.52. The molecule has 0 aliphatic rings. The smallest absolute Gasteiger partial charge is 0.326 e. The van der Waals surface area contributed by atoms with Crippen LogP contribution in [0.3, 0.4) is 0 Å². The Hall–Kier alpha value is -3.27. The predicted octanol–water partition coefficient (Wildman–Crippen LogP) is 1.31. The van der Waals surface area contributed by atoms with Crippen molar-refractivity contribution < 1.29 is 32.3 Å². The van der Waals surface area contributed by atoms with Crippen molar-refractivity contribution in [2.45, 2.75) is 36.7 Å². The van der Waals surface area contributed by atoms with Gasteiger partial charge in [-0.3, -0.25) is 9.59 Å². The number of carboxylic acid groups (broad SMARTS) is 1.